The van der Waals surface area contributed by atoms with Gasteiger partial charge in [-0.25, -0.2) is 22.4 Å². The normalized spacial score (nSPS) is 16.5. The molecule has 1 aliphatic rings. The summed E-state index contributed by atoms with van der Waals surface area (Å²) in [4.78, 5) is 84.5. The Kier molecular flexibility index (Phi) is 15.4. The molecule has 0 unspecified atom stereocenters. The molecule has 0 saturated heterocycles. The van der Waals surface area contributed by atoms with Gasteiger partial charge in [0.15, 0.2) is 0 Å². The number of halogens is 4. The van der Waals surface area contributed by atoms with Crippen LogP contribution in [0.25, 0.3) is 0 Å². The summed E-state index contributed by atoms with van der Waals surface area (Å²) in [6.45, 7) is 0.964. The molecule has 238 valence electrons. The van der Waals surface area contributed by atoms with Gasteiger partial charge in [-0.3, -0.25) is 28.8 Å². The minimum Gasteiger partial charge on any atom is -0.481 e. The molecule has 0 bridgehead atoms. The molecule has 6 N–H and O–H groups in total. The zero-order chi connectivity index (χ0) is 32.0. The summed E-state index contributed by atoms with van der Waals surface area (Å²) in [7, 11) is 0. The lowest BCUT2D eigenvalue weighted by Gasteiger charge is -2.29. The van der Waals surface area contributed by atoms with Gasteiger partial charge in [-0.2, -0.15) is 0 Å². The van der Waals surface area contributed by atoms with Crippen molar-refractivity contribution in [2.75, 3.05) is 0 Å². The van der Waals surface area contributed by atoms with Crippen LogP contribution in [0.1, 0.15) is 71.1 Å². The minimum absolute atomic E-state index is 0.0558. The number of hydrogen-bond donors (Lipinski definition) is 6. The third kappa shape index (κ3) is 13.7. The fourth-order valence-corrected chi connectivity index (χ4v) is 4.56. The Bertz CT molecular complexity index is 993. The van der Waals surface area contributed by atoms with Gasteiger partial charge in [0.1, 0.15) is 24.2 Å². The molecule has 0 aromatic carbocycles. The van der Waals surface area contributed by atoms with Gasteiger partial charge in [0.05, 0.1) is 0 Å². The van der Waals surface area contributed by atoms with E-state index in [1.54, 1.807) is 0 Å². The van der Waals surface area contributed by atoms with E-state index >= 15 is 0 Å². The number of amides is 4. The highest BCUT2D eigenvalue weighted by Crippen LogP contribution is 2.27. The molecule has 0 heterocycles. The van der Waals surface area contributed by atoms with Crippen LogP contribution in [0.3, 0.4) is 0 Å². The lowest BCUT2D eigenvalue weighted by Crippen LogP contribution is -2.58. The van der Waals surface area contributed by atoms with Crippen molar-refractivity contribution >= 4 is 41.4 Å². The van der Waals surface area contributed by atoms with E-state index < -0.39 is 104 Å². The maximum Gasteiger partial charge on any atom is 0.374 e. The molecule has 1 fully saturated rings. The predicted octanol–water partition coefficient (Wildman–Crippen LogP) is 0.745. The molecule has 0 aliphatic heterocycles. The third-order valence-corrected chi connectivity index (χ3v) is 6.57. The maximum absolute atomic E-state index is 13.2. The molecule has 0 spiro atoms. The second-order valence-electron chi connectivity index (χ2n) is 10.0. The highest BCUT2D eigenvalue weighted by molar-refractivity contribution is 6.35. The quantitative estimate of drug-likeness (QED) is 0.0952. The Morgan fingerprint density at radius 3 is 1.67 bits per heavy atom. The lowest BCUT2D eigenvalue weighted by atomic mass is 9.84. The Morgan fingerprint density at radius 2 is 1.17 bits per heavy atom. The fourth-order valence-electron chi connectivity index (χ4n) is 4.56. The van der Waals surface area contributed by atoms with Gasteiger partial charge in [-0.05, 0) is 18.8 Å². The van der Waals surface area contributed by atoms with E-state index in [0.29, 0.717) is 12.8 Å². The van der Waals surface area contributed by atoms with E-state index in [9.17, 15) is 51.1 Å². The zero-order valence-electron chi connectivity index (χ0n) is 22.9. The number of carbonyl (C=O) groups excluding carboxylic acids is 5. The monoisotopic (exact) mass is 612 g/mol. The maximum atomic E-state index is 13.2. The zero-order valence-corrected chi connectivity index (χ0v) is 22.9. The Morgan fingerprint density at radius 1 is 0.690 bits per heavy atom. The molecule has 0 radical (unpaired) electrons. The Hall–Kier alpha value is -3.79. The fraction of sp³-hybridized carbons (Fsp3) is 0.720. The molecule has 1 aliphatic carbocycles. The summed E-state index contributed by atoms with van der Waals surface area (Å²) in [5.41, 5.74) is 0. The average Bonchev–Trinajstić information content (AvgIpc) is 2.88. The summed E-state index contributed by atoms with van der Waals surface area (Å²) in [6, 6.07) is -7.10. The van der Waals surface area contributed by atoms with Gasteiger partial charge in [0.25, 0.3) is 5.78 Å². The average molecular weight is 613 g/mol. The van der Waals surface area contributed by atoms with Crippen LogP contribution in [0.5, 0.6) is 0 Å². The summed E-state index contributed by atoms with van der Waals surface area (Å²) < 4.78 is 52.0. The van der Waals surface area contributed by atoms with Gasteiger partial charge in [-0.1, -0.05) is 32.1 Å². The van der Waals surface area contributed by atoms with Crippen LogP contribution < -0.4 is 21.3 Å². The van der Waals surface area contributed by atoms with Crippen LogP contribution in [0.2, 0.25) is 0 Å². The van der Waals surface area contributed by atoms with Crippen molar-refractivity contribution in [3.05, 3.63) is 0 Å². The number of aliphatic carboxylic acids is 2. The minimum atomic E-state index is -3.16. The first-order chi connectivity index (χ1) is 19.6. The van der Waals surface area contributed by atoms with Gasteiger partial charge in [0, 0.05) is 26.2 Å². The van der Waals surface area contributed by atoms with Crippen LogP contribution in [-0.2, 0) is 33.6 Å². The summed E-state index contributed by atoms with van der Waals surface area (Å²) in [5.74, 6) is -9.65. The van der Waals surface area contributed by atoms with E-state index in [-0.39, 0.29) is 12.3 Å². The van der Waals surface area contributed by atoms with Crippen LogP contribution in [-0.4, -0.2) is 88.6 Å². The molecule has 17 heteroatoms. The van der Waals surface area contributed by atoms with Crippen molar-refractivity contribution in [3.63, 3.8) is 0 Å². The van der Waals surface area contributed by atoms with E-state index in [4.69, 9.17) is 10.2 Å². The van der Waals surface area contributed by atoms with Crippen molar-refractivity contribution in [3.8, 4) is 0 Å². The number of hydrogen-bond acceptors (Lipinski definition) is 7. The van der Waals surface area contributed by atoms with Crippen molar-refractivity contribution in [2.24, 2.45) is 5.92 Å². The summed E-state index contributed by atoms with van der Waals surface area (Å²) >= 11 is 0. The highest BCUT2D eigenvalue weighted by atomic mass is 19.3. The second-order valence-corrected chi connectivity index (χ2v) is 10.0. The van der Waals surface area contributed by atoms with Crippen molar-refractivity contribution in [1.82, 2.24) is 21.3 Å². The van der Waals surface area contributed by atoms with Crippen LogP contribution in [0.15, 0.2) is 0 Å². The third-order valence-electron chi connectivity index (χ3n) is 6.57. The molecule has 42 heavy (non-hydrogen) atoms. The van der Waals surface area contributed by atoms with Crippen LogP contribution in [0.4, 0.5) is 17.6 Å². The van der Waals surface area contributed by atoms with Gasteiger partial charge < -0.3 is 31.5 Å². The highest BCUT2D eigenvalue weighted by Gasteiger charge is 2.35. The molecule has 13 nitrogen and oxygen atoms in total. The number of Topliss-reactive ketones (excluding diaryl/α,β-unsaturated/α-hetero) is 1. The Labute approximate surface area is 238 Å². The first-order valence-electron chi connectivity index (χ1n) is 13.3. The number of rotatable bonds is 18. The molecule has 1 rings (SSSR count). The number of carboxylic acids is 2. The van der Waals surface area contributed by atoms with Crippen molar-refractivity contribution in [2.45, 2.75) is 108 Å². The van der Waals surface area contributed by atoms with Crippen LogP contribution in [0, 0.1) is 5.92 Å². The number of carboxylic acid groups (broad SMARTS) is 2. The summed E-state index contributed by atoms with van der Waals surface area (Å²) in [5, 5.41) is 26.4. The number of alkyl halides is 4. The van der Waals surface area contributed by atoms with Crippen molar-refractivity contribution in [1.29, 1.82) is 0 Å². The first kappa shape index (κ1) is 36.2. The van der Waals surface area contributed by atoms with E-state index in [0.717, 1.165) is 26.2 Å². The van der Waals surface area contributed by atoms with E-state index in [2.05, 4.69) is 10.6 Å². The van der Waals surface area contributed by atoms with Gasteiger partial charge in [-0.15, -0.1) is 0 Å². The molecule has 1 saturated carbocycles. The number of carbonyl (C=O) groups is 7. The molecular formula is C25H36F4N4O9. The largest absolute Gasteiger partial charge is 0.481 e. The van der Waals surface area contributed by atoms with Crippen LogP contribution >= 0.6 is 0 Å². The number of ketones is 1. The number of nitrogens with one attached hydrogen (secondary N) is 4. The standard InChI is InChI=1S/C25H36F4N4O9/c1-12(34)30-17(11-19(28)29)24(40)31-14(7-8-20(35)36)22(38)33-16(9-13-5-3-2-4-6-13)23(39)32-15(10-18(26)27)21(37)25(41)42/h13-19H,2-11H2,1H3,(H,30,34)(H,31,40)(H,32,39)(H,33,38)(H,35,36)(H,41,42)/t14-,15-,16-,17-/m0/s1. The second kappa shape index (κ2) is 17.9. The SMILES string of the molecule is CC(=O)N[C@@H](CC(F)F)C(=O)N[C@@H](CCC(=O)O)C(=O)N[C@@H](CC1CCCCC1)C(=O)N[C@@H](CC(F)F)C(=O)C(=O)O. The van der Waals surface area contributed by atoms with E-state index in [1.165, 1.54) is 0 Å². The lowest BCUT2D eigenvalue weighted by molar-refractivity contribution is -0.151. The predicted molar refractivity (Wildman–Crippen MR) is 135 cm³/mol. The van der Waals surface area contributed by atoms with E-state index in [1.807, 2.05) is 10.6 Å². The van der Waals surface area contributed by atoms with Gasteiger partial charge >= 0.3 is 11.9 Å². The topological polar surface area (TPSA) is 208 Å². The molecule has 0 aromatic heterocycles. The summed E-state index contributed by atoms with van der Waals surface area (Å²) in [6.07, 6.45) is -6.13. The molecular weight excluding hydrogens is 576 g/mol. The Balaban J connectivity index is 3.24. The first-order valence-corrected chi connectivity index (χ1v) is 13.3. The molecule has 0 aromatic rings. The smallest absolute Gasteiger partial charge is 0.374 e. The molecule has 4 atom stereocenters. The molecule has 4 amide bonds. The van der Waals surface area contributed by atoms with Gasteiger partial charge in [0.2, 0.25) is 36.5 Å². The van der Waals surface area contributed by atoms with Crippen molar-refractivity contribution < 1.29 is 61.3 Å².